The van der Waals surface area contributed by atoms with Crippen LogP contribution in [0.4, 0.5) is 17.1 Å². The lowest BCUT2D eigenvalue weighted by Crippen LogP contribution is -2.38. The van der Waals surface area contributed by atoms with E-state index in [1.807, 2.05) is 0 Å². The summed E-state index contributed by atoms with van der Waals surface area (Å²) in [5.41, 5.74) is 16.9. The number of para-hydroxylation sites is 4. The average molecular weight is 596 g/mol. The van der Waals surface area contributed by atoms with Crippen LogP contribution in [0.1, 0.15) is 75.1 Å². The van der Waals surface area contributed by atoms with Crippen molar-refractivity contribution in [2.75, 3.05) is 4.90 Å². The molecule has 3 heteroatoms. The highest BCUT2D eigenvalue weighted by molar-refractivity contribution is 6.11. The SMILES string of the molecule is CC1(C)c2ccccc2N2c3ccc(-n4c5ccccc5c5cn6c(c54)C(C)(C)c4ccccc4-6)cc3C(C)(C)c3cccc1c32. The highest BCUT2D eigenvalue weighted by atomic mass is 15.2. The Hall–Kier alpha value is -5.02. The molecule has 0 bridgehead atoms. The molecule has 5 heterocycles. The molecule has 0 unspecified atom stereocenters. The van der Waals surface area contributed by atoms with E-state index in [1.54, 1.807) is 0 Å². The lowest BCUT2D eigenvalue weighted by atomic mass is 9.66. The first-order chi connectivity index (χ1) is 22.1. The topological polar surface area (TPSA) is 13.1 Å². The van der Waals surface area contributed by atoms with Crippen molar-refractivity contribution in [3.63, 3.8) is 0 Å². The molecule has 0 aliphatic carbocycles. The maximum atomic E-state index is 2.55. The highest BCUT2D eigenvalue weighted by Crippen LogP contribution is 2.60. The van der Waals surface area contributed by atoms with Gasteiger partial charge in [-0.1, -0.05) is 114 Å². The molecule has 7 aromatic rings. The fraction of sp³-hybridized carbons (Fsp3) is 0.209. The van der Waals surface area contributed by atoms with E-state index in [4.69, 9.17) is 0 Å². The van der Waals surface area contributed by atoms with Crippen molar-refractivity contribution in [1.82, 2.24) is 9.13 Å². The molecular weight excluding hydrogens is 558 g/mol. The summed E-state index contributed by atoms with van der Waals surface area (Å²) in [5.74, 6) is 0. The predicted molar refractivity (Wildman–Crippen MR) is 191 cm³/mol. The molecule has 0 fully saturated rings. The van der Waals surface area contributed by atoms with Crippen molar-refractivity contribution in [3.8, 4) is 11.4 Å². The second-order valence-electron chi connectivity index (χ2n) is 15.1. The maximum Gasteiger partial charge on any atom is 0.0763 e. The van der Waals surface area contributed by atoms with Crippen LogP contribution in [0.2, 0.25) is 0 Å². The Morgan fingerprint density at radius 2 is 1.07 bits per heavy atom. The first-order valence-electron chi connectivity index (χ1n) is 16.5. The minimum atomic E-state index is -0.185. The van der Waals surface area contributed by atoms with E-state index in [1.165, 1.54) is 83.8 Å². The number of aromatic nitrogens is 2. The van der Waals surface area contributed by atoms with E-state index in [9.17, 15) is 0 Å². The van der Waals surface area contributed by atoms with E-state index < -0.39 is 0 Å². The van der Waals surface area contributed by atoms with Crippen molar-refractivity contribution in [2.45, 2.75) is 57.8 Å². The number of fused-ring (bicyclic) bond motifs is 11. The zero-order chi connectivity index (χ0) is 31.3. The van der Waals surface area contributed by atoms with Crippen LogP contribution in [0.5, 0.6) is 0 Å². The van der Waals surface area contributed by atoms with Crippen LogP contribution in [0.3, 0.4) is 0 Å². The van der Waals surface area contributed by atoms with Crippen LogP contribution in [0.25, 0.3) is 33.2 Å². The average Bonchev–Trinajstić information content (AvgIpc) is 3.66. The molecule has 2 aromatic heterocycles. The molecule has 0 saturated carbocycles. The third-order valence-electron chi connectivity index (χ3n) is 11.6. The standard InChI is InChI=1S/C43H37N3/c1-41(2)30-16-9-12-21-36(30)46-37-23-22-26(24-33(37)42(3,4)32-18-13-17-31(41)39(32)46)45-34-19-10-7-14-27(34)28-25-44-35-20-11-8-15-29(35)43(5,6)40(44)38(28)45/h7-25H,1-6H3. The van der Waals surface area contributed by atoms with Crippen molar-refractivity contribution in [3.05, 3.63) is 149 Å². The zero-order valence-corrected chi connectivity index (χ0v) is 27.3. The van der Waals surface area contributed by atoms with E-state index in [-0.39, 0.29) is 16.2 Å². The van der Waals surface area contributed by atoms with E-state index >= 15 is 0 Å². The normalized spacial score (nSPS) is 17.4. The first kappa shape index (κ1) is 26.2. The molecule has 0 saturated heterocycles. The molecule has 3 aliphatic heterocycles. The molecular formula is C43H37N3. The third kappa shape index (κ3) is 2.91. The fourth-order valence-electron chi connectivity index (χ4n) is 9.34. The van der Waals surface area contributed by atoms with Crippen LogP contribution in [-0.4, -0.2) is 9.13 Å². The largest absolute Gasteiger partial charge is 0.317 e. The number of hydrogen-bond donors (Lipinski definition) is 0. The van der Waals surface area contributed by atoms with Gasteiger partial charge in [0.05, 0.1) is 33.8 Å². The summed E-state index contributed by atoms with van der Waals surface area (Å²) in [7, 11) is 0. The fourth-order valence-corrected chi connectivity index (χ4v) is 9.34. The number of rotatable bonds is 1. The summed E-state index contributed by atoms with van der Waals surface area (Å²) >= 11 is 0. The van der Waals surface area contributed by atoms with Gasteiger partial charge in [-0.25, -0.2) is 0 Å². The van der Waals surface area contributed by atoms with Crippen LogP contribution >= 0.6 is 0 Å². The van der Waals surface area contributed by atoms with Crippen molar-refractivity contribution < 1.29 is 0 Å². The summed E-state index contributed by atoms with van der Waals surface area (Å²) < 4.78 is 5.00. The summed E-state index contributed by atoms with van der Waals surface area (Å²) in [4.78, 5) is 2.55. The quantitative estimate of drug-likeness (QED) is 0.184. The monoisotopic (exact) mass is 595 g/mol. The highest BCUT2D eigenvalue weighted by Gasteiger charge is 2.45. The van der Waals surface area contributed by atoms with Gasteiger partial charge in [0.15, 0.2) is 0 Å². The predicted octanol–water partition coefficient (Wildman–Crippen LogP) is 11.0. The summed E-state index contributed by atoms with van der Waals surface area (Å²) in [5, 5.41) is 2.61. The number of benzene rings is 5. The van der Waals surface area contributed by atoms with Crippen LogP contribution in [-0.2, 0) is 16.2 Å². The van der Waals surface area contributed by atoms with E-state index in [0.29, 0.717) is 0 Å². The molecule has 0 N–H and O–H groups in total. The van der Waals surface area contributed by atoms with E-state index in [0.717, 1.165) is 0 Å². The van der Waals surface area contributed by atoms with Crippen molar-refractivity contribution >= 4 is 38.9 Å². The van der Waals surface area contributed by atoms with Gasteiger partial charge in [0.1, 0.15) is 0 Å². The lowest BCUT2D eigenvalue weighted by molar-refractivity contribution is 0.597. The Bertz CT molecular complexity index is 2460. The summed E-state index contributed by atoms with van der Waals surface area (Å²) in [6.07, 6.45) is 2.38. The molecule has 5 aromatic carbocycles. The minimum absolute atomic E-state index is 0.0815. The van der Waals surface area contributed by atoms with Crippen molar-refractivity contribution in [1.29, 1.82) is 0 Å². The maximum absolute atomic E-state index is 2.55. The number of anilines is 3. The van der Waals surface area contributed by atoms with Gasteiger partial charge in [0, 0.05) is 44.6 Å². The summed E-state index contributed by atoms with van der Waals surface area (Å²) in [6.45, 7) is 14.3. The van der Waals surface area contributed by atoms with Crippen LogP contribution in [0.15, 0.2) is 115 Å². The zero-order valence-electron chi connectivity index (χ0n) is 27.3. The molecule has 224 valence electrons. The smallest absolute Gasteiger partial charge is 0.0763 e. The Labute approximate surface area is 270 Å². The third-order valence-corrected chi connectivity index (χ3v) is 11.6. The van der Waals surface area contributed by atoms with Gasteiger partial charge in [0.2, 0.25) is 0 Å². The number of hydrogen-bond acceptors (Lipinski definition) is 1. The molecule has 0 amide bonds. The second-order valence-corrected chi connectivity index (χ2v) is 15.1. The van der Waals surface area contributed by atoms with E-state index in [2.05, 4.69) is 171 Å². The molecule has 0 radical (unpaired) electrons. The van der Waals surface area contributed by atoms with Gasteiger partial charge in [-0.05, 0) is 64.2 Å². The second kappa shape index (κ2) is 8.22. The van der Waals surface area contributed by atoms with Gasteiger partial charge in [-0.2, -0.15) is 0 Å². The molecule has 10 rings (SSSR count). The molecule has 3 aliphatic rings. The van der Waals surface area contributed by atoms with Gasteiger partial charge in [-0.3, -0.25) is 0 Å². The number of nitrogens with zero attached hydrogens (tertiary/aromatic N) is 3. The van der Waals surface area contributed by atoms with Gasteiger partial charge < -0.3 is 14.0 Å². The summed E-state index contributed by atoms with van der Waals surface area (Å²) in [6, 6.07) is 41.0. The van der Waals surface area contributed by atoms with Gasteiger partial charge in [0.25, 0.3) is 0 Å². The lowest BCUT2D eigenvalue weighted by Gasteiger charge is -2.49. The van der Waals surface area contributed by atoms with Gasteiger partial charge in [-0.15, -0.1) is 0 Å². The first-order valence-corrected chi connectivity index (χ1v) is 16.5. The molecule has 0 atom stereocenters. The molecule has 0 spiro atoms. The Balaban J connectivity index is 1.28. The molecule has 3 nitrogen and oxygen atoms in total. The van der Waals surface area contributed by atoms with Crippen molar-refractivity contribution in [2.24, 2.45) is 0 Å². The van der Waals surface area contributed by atoms with Gasteiger partial charge >= 0.3 is 0 Å². The Kier molecular flexibility index (Phi) is 4.68. The minimum Gasteiger partial charge on any atom is -0.317 e. The van der Waals surface area contributed by atoms with Crippen LogP contribution in [0, 0.1) is 0 Å². The Morgan fingerprint density at radius 3 is 1.83 bits per heavy atom. The molecule has 46 heavy (non-hydrogen) atoms. The van der Waals surface area contributed by atoms with Crippen LogP contribution < -0.4 is 4.90 Å². The Morgan fingerprint density at radius 1 is 0.478 bits per heavy atom.